The van der Waals surface area contributed by atoms with Crippen LogP contribution >= 0.6 is 0 Å². The number of hydrogen-bond acceptors (Lipinski definition) is 6. The third-order valence-electron chi connectivity index (χ3n) is 4.99. The lowest BCUT2D eigenvalue weighted by Crippen LogP contribution is -2.47. The number of allylic oxidation sites excluding steroid dienone is 1. The molecular formula is C24H37F3N6. The van der Waals surface area contributed by atoms with Crippen LogP contribution in [0.4, 0.5) is 18.9 Å². The number of hydrogen-bond donors (Lipinski definition) is 1. The Hall–Kier alpha value is -2.68. The summed E-state index contributed by atoms with van der Waals surface area (Å²) >= 11 is 0. The molecule has 33 heavy (non-hydrogen) atoms. The summed E-state index contributed by atoms with van der Waals surface area (Å²) in [5.41, 5.74) is 2.52. The van der Waals surface area contributed by atoms with Crippen molar-refractivity contribution in [2.45, 2.75) is 40.3 Å². The monoisotopic (exact) mass is 466 g/mol. The number of alkyl halides is 3. The summed E-state index contributed by atoms with van der Waals surface area (Å²) in [5, 5.41) is 3.61. The fourth-order valence-corrected chi connectivity index (χ4v) is 3.63. The van der Waals surface area contributed by atoms with Crippen molar-refractivity contribution in [3.8, 4) is 0 Å². The standard InChI is InChI=1S/C22H31F3N6.C2H6/c1-4-6-18(28-5-2)16-30-9-11-31(12-10-30)19-7-8-20(21(29-26)15-27-3)17(13-19)14-22(23,24)25;1-2/h4,6-8,13,15H,5,9-12,14,16,26H2,1-3H3;1-2H3/b6-4-,27-15?,28-18?,29-21+;. The smallest absolute Gasteiger partial charge is 0.369 e. The number of nitrogens with two attached hydrogens (primary N) is 1. The Morgan fingerprint density at radius 2 is 1.82 bits per heavy atom. The largest absolute Gasteiger partial charge is 0.393 e. The van der Waals surface area contributed by atoms with E-state index in [0.717, 1.165) is 50.7 Å². The van der Waals surface area contributed by atoms with E-state index >= 15 is 0 Å². The predicted octanol–water partition coefficient (Wildman–Crippen LogP) is 4.34. The van der Waals surface area contributed by atoms with Gasteiger partial charge in [0.15, 0.2) is 0 Å². The summed E-state index contributed by atoms with van der Waals surface area (Å²) in [4.78, 5) is 12.8. The molecule has 0 bridgehead atoms. The Bertz CT molecular complexity index is 835. The average Bonchev–Trinajstić information content (AvgIpc) is 2.79. The number of benzene rings is 1. The molecule has 184 valence electrons. The van der Waals surface area contributed by atoms with E-state index in [9.17, 15) is 13.2 Å². The van der Waals surface area contributed by atoms with Gasteiger partial charge >= 0.3 is 6.18 Å². The van der Waals surface area contributed by atoms with Crippen molar-refractivity contribution in [3.63, 3.8) is 0 Å². The molecule has 1 aliphatic rings. The molecule has 0 aromatic heterocycles. The zero-order valence-corrected chi connectivity index (χ0v) is 20.4. The third-order valence-corrected chi connectivity index (χ3v) is 4.99. The lowest BCUT2D eigenvalue weighted by Gasteiger charge is -2.36. The molecule has 1 fully saturated rings. The molecular weight excluding hydrogens is 429 g/mol. The highest BCUT2D eigenvalue weighted by molar-refractivity contribution is 6.38. The second-order valence-electron chi connectivity index (χ2n) is 7.26. The van der Waals surface area contributed by atoms with Crippen LogP contribution in [-0.4, -0.2) is 75.0 Å². The van der Waals surface area contributed by atoms with Crippen LogP contribution in [-0.2, 0) is 6.42 Å². The van der Waals surface area contributed by atoms with Gasteiger partial charge < -0.3 is 10.7 Å². The van der Waals surface area contributed by atoms with Crippen molar-refractivity contribution < 1.29 is 13.2 Å². The highest BCUT2D eigenvalue weighted by Crippen LogP contribution is 2.28. The van der Waals surface area contributed by atoms with E-state index in [1.54, 1.807) is 12.1 Å². The number of halogens is 3. The van der Waals surface area contributed by atoms with E-state index in [0.29, 0.717) is 5.56 Å². The van der Waals surface area contributed by atoms with Gasteiger partial charge in [-0.3, -0.25) is 14.9 Å². The fourth-order valence-electron chi connectivity index (χ4n) is 3.63. The van der Waals surface area contributed by atoms with Crippen LogP contribution in [0, 0.1) is 0 Å². The van der Waals surface area contributed by atoms with Crippen molar-refractivity contribution in [3.05, 3.63) is 41.5 Å². The summed E-state index contributed by atoms with van der Waals surface area (Å²) in [6, 6.07) is 5.06. The maximum atomic E-state index is 13.2. The zero-order chi connectivity index (χ0) is 24.9. The van der Waals surface area contributed by atoms with Gasteiger partial charge in [-0.05, 0) is 37.6 Å². The van der Waals surface area contributed by atoms with Crippen LogP contribution in [0.2, 0.25) is 0 Å². The molecule has 2 rings (SSSR count). The van der Waals surface area contributed by atoms with Gasteiger partial charge in [-0.25, -0.2) is 0 Å². The van der Waals surface area contributed by atoms with Crippen molar-refractivity contribution in [2.75, 3.05) is 51.2 Å². The van der Waals surface area contributed by atoms with E-state index in [4.69, 9.17) is 5.84 Å². The van der Waals surface area contributed by atoms with Gasteiger partial charge in [0.05, 0.1) is 6.42 Å². The molecule has 0 unspecified atom stereocenters. The summed E-state index contributed by atoms with van der Waals surface area (Å²) < 4.78 is 39.6. The molecule has 1 saturated heterocycles. The Morgan fingerprint density at radius 3 is 2.33 bits per heavy atom. The van der Waals surface area contributed by atoms with E-state index in [-0.39, 0.29) is 11.3 Å². The van der Waals surface area contributed by atoms with Crippen molar-refractivity contribution in [1.82, 2.24) is 4.90 Å². The molecule has 1 aromatic carbocycles. The summed E-state index contributed by atoms with van der Waals surface area (Å²) in [6.07, 6.45) is -0.0114. The minimum absolute atomic E-state index is 0.141. The predicted molar refractivity (Wildman–Crippen MR) is 134 cm³/mol. The Labute approximate surface area is 195 Å². The lowest BCUT2D eigenvalue weighted by atomic mass is 9.99. The van der Waals surface area contributed by atoms with E-state index in [2.05, 4.69) is 24.9 Å². The Kier molecular flexibility index (Phi) is 12.4. The van der Waals surface area contributed by atoms with Gasteiger partial charge in [-0.2, -0.15) is 18.3 Å². The first-order valence-electron chi connectivity index (χ1n) is 11.3. The molecule has 6 nitrogen and oxygen atoms in total. The van der Waals surface area contributed by atoms with Gasteiger partial charge in [-0.15, -0.1) is 0 Å². The third kappa shape index (κ3) is 9.37. The minimum Gasteiger partial charge on any atom is -0.369 e. The molecule has 1 aromatic rings. The normalized spacial score (nSPS) is 16.4. The molecule has 0 radical (unpaired) electrons. The van der Waals surface area contributed by atoms with Crippen molar-refractivity contribution >= 4 is 23.3 Å². The van der Waals surface area contributed by atoms with Crippen LogP contribution in [0.1, 0.15) is 38.8 Å². The maximum absolute atomic E-state index is 13.2. The molecule has 0 amide bonds. The van der Waals surface area contributed by atoms with Gasteiger partial charge in [0.2, 0.25) is 0 Å². The SMILES string of the molecule is C/C=C\C(CN1CCN(c2ccc(/C(C=NC)=N/N)c(CC(F)(F)F)c2)CC1)=NCC.CC. The van der Waals surface area contributed by atoms with Gasteiger partial charge in [0, 0.05) is 69.5 Å². The molecule has 9 heteroatoms. The Morgan fingerprint density at radius 1 is 1.15 bits per heavy atom. The summed E-state index contributed by atoms with van der Waals surface area (Å²) in [7, 11) is 1.52. The molecule has 0 saturated carbocycles. The second kappa shape index (κ2) is 14.5. The maximum Gasteiger partial charge on any atom is 0.393 e. The van der Waals surface area contributed by atoms with Crippen LogP contribution in [0.15, 0.2) is 45.4 Å². The number of aliphatic imine (C=N–C) groups is 2. The molecule has 0 atom stereocenters. The van der Waals surface area contributed by atoms with E-state index < -0.39 is 12.6 Å². The number of hydrazone groups is 1. The van der Waals surface area contributed by atoms with Crippen LogP contribution in [0.5, 0.6) is 0 Å². The molecule has 0 spiro atoms. The van der Waals surface area contributed by atoms with Crippen LogP contribution in [0.25, 0.3) is 0 Å². The number of anilines is 1. The second-order valence-corrected chi connectivity index (χ2v) is 7.26. The van der Waals surface area contributed by atoms with Gasteiger partial charge in [0.1, 0.15) is 5.71 Å². The average molecular weight is 467 g/mol. The molecule has 2 N–H and O–H groups in total. The zero-order valence-electron chi connectivity index (χ0n) is 20.4. The first-order valence-corrected chi connectivity index (χ1v) is 11.3. The number of rotatable bonds is 8. The van der Waals surface area contributed by atoms with Crippen LogP contribution < -0.4 is 10.7 Å². The fraction of sp³-hybridized carbons (Fsp3) is 0.542. The first kappa shape index (κ1) is 28.4. The number of piperazine rings is 1. The van der Waals surface area contributed by atoms with Crippen molar-refractivity contribution in [1.29, 1.82) is 0 Å². The lowest BCUT2D eigenvalue weighted by molar-refractivity contribution is -0.127. The summed E-state index contributed by atoms with van der Waals surface area (Å²) in [5.74, 6) is 5.39. The van der Waals surface area contributed by atoms with Gasteiger partial charge in [-0.1, -0.05) is 26.0 Å². The van der Waals surface area contributed by atoms with E-state index in [1.807, 2.05) is 45.9 Å². The quantitative estimate of drug-likeness (QED) is 0.352. The first-order chi connectivity index (χ1) is 15.8. The highest BCUT2D eigenvalue weighted by atomic mass is 19.4. The van der Waals surface area contributed by atoms with Crippen molar-refractivity contribution in [2.24, 2.45) is 20.9 Å². The molecule has 1 heterocycles. The van der Waals surface area contributed by atoms with E-state index in [1.165, 1.54) is 13.3 Å². The van der Waals surface area contributed by atoms with Crippen LogP contribution in [0.3, 0.4) is 0 Å². The highest BCUT2D eigenvalue weighted by Gasteiger charge is 2.30. The molecule has 1 aliphatic heterocycles. The number of nitrogens with zero attached hydrogens (tertiary/aromatic N) is 5. The molecule has 0 aliphatic carbocycles. The van der Waals surface area contributed by atoms with Gasteiger partial charge in [0.25, 0.3) is 0 Å². The minimum atomic E-state index is -4.34. The Balaban J connectivity index is 0.00000265. The topological polar surface area (TPSA) is 69.6 Å². The summed E-state index contributed by atoms with van der Waals surface area (Å²) in [6.45, 7) is 12.6.